The van der Waals surface area contributed by atoms with E-state index in [2.05, 4.69) is 80.6 Å². The van der Waals surface area contributed by atoms with Gasteiger partial charge in [0.05, 0.1) is 32.2 Å². The van der Waals surface area contributed by atoms with E-state index in [0.717, 1.165) is 43.4 Å². The van der Waals surface area contributed by atoms with E-state index >= 15 is 0 Å². The maximum absolute atomic E-state index is 4.62. The smallest absolute Gasteiger partial charge is 0.0818 e. The van der Waals surface area contributed by atoms with E-state index in [9.17, 15) is 0 Å². The quantitative estimate of drug-likeness (QED) is 0.286. The van der Waals surface area contributed by atoms with E-state index in [-0.39, 0.29) is 0 Å². The van der Waals surface area contributed by atoms with Gasteiger partial charge in [0.15, 0.2) is 0 Å². The fraction of sp³-hybridized carbons (Fsp3) is 0. The first-order valence-electron chi connectivity index (χ1n) is 10.1. The molecule has 0 aliphatic carbocycles. The predicted octanol–water partition coefficient (Wildman–Crippen LogP) is 7.21. The number of hydrogen-bond acceptors (Lipinski definition) is 6. The van der Waals surface area contributed by atoms with Gasteiger partial charge in [-0.1, -0.05) is 36.4 Å². The minimum absolute atomic E-state index is 0.955. The number of aromatic nitrogens is 4. The molecule has 4 heterocycles. The van der Waals surface area contributed by atoms with Crippen LogP contribution in [-0.2, 0) is 0 Å². The second-order valence-electron chi connectivity index (χ2n) is 7.37. The summed E-state index contributed by atoms with van der Waals surface area (Å²) >= 11 is 3.20. The van der Waals surface area contributed by atoms with Crippen molar-refractivity contribution in [3.8, 4) is 43.4 Å². The highest BCUT2D eigenvalue weighted by atomic mass is 32.1. The molecule has 0 spiro atoms. The lowest BCUT2D eigenvalue weighted by Crippen LogP contribution is -1.85. The molecule has 4 aromatic heterocycles. The first-order valence-corrected chi connectivity index (χ1v) is 11.8. The van der Waals surface area contributed by atoms with Gasteiger partial charge in [0.2, 0.25) is 0 Å². The molecule has 0 unspecified atom stereocenters. The molecule has 0 atom stereocenters. The number of rotatable bonds is 4. The standard InChI is InChI=1S/C26H16N4S2/c1-3-19(21-5-7-23(29-11-21)25-13-27-15-31-25)10-18-2-4-20(9-17(1)18)22-6-8-24(30-12-22)26-14-28-16-32-26/h1-16H. The van der Waals surface area contributed by atoms with Crippen molar-refractivity contribution >= 4 is 33.4 Å². The summed E-state index contributed by atoms with van der Waals surface area (Å²) in [4.78, 5) is 19.7. The Labute approximate surface area is 193 Å². The summed E-state index contributed by atoms with van der Waals surface area (Å²) < 4.78 is 0. The zero-order valence-electron chi connectivity index (χ0n) is 16.8. The van der Waals surface area contributed by atoms with Crippen molar-refractivity contribution in [2.75, 3.05) is 0 Å². The maximum atomic E-state index is 4.62. The summed E-state index contributed by atoms with van der Waals surface area (Å²) in [5, 5.41) is 2.40. The van der Waals surface area contributed by atoms with Crippen molar-refractivity contribution in [3.05, 3.63) is 96.5 Å². The Morgan fingerprint density at radius 1 is 0.469 bits per heavy atom. The van der Waals surface area contributed by atoms with Gasteiger partial charge in [-0.3, -0.25) is 19.9 Å². The molecule has 0 saturated carbocycles. The van der Waals surface area contributed by atoms with Gasteiger partial charge in [0, 0.05) is 35.9 Å². The molecule has 6 heteroatoms. The number of fused-ring (bicyclic) bond motifs is 1. The molecule has 0 radical (unpaired) electrons. The molecule has 0 aliphatic rings. The minimum atomic E-state index is 0.955. The molecule has 0 bridgehead atoms. The van der Waals surface area contributed by atoms with Crippen molar-refractivity contribution < 1.29 is 0 Å². The van der Waals surface area contributed by atoms with Gasteiger partial charge in [-0.15, -0.1) is 22.7 Å². The largest absolute Gasteiger partial charge is 0.255 e. The van der Waals surface area contributed by atoms with Gasteiger partial charge in [-0.05, 0) is 46.2 Å². The lowest BCUT2D eigenvalue weighted by atomic mass is 9.98. The van der Waals surface area contributed by atoms with Gasteiger partial charge >= 0.3 is 0 Å². The van der Waals surface area contributed by atoms with Gasteiger partial charge in [0.25, 0.3) is 0 Å². The fourth-order valence-corrected chi connectivity index (χ4v) is 4.91. The highest BCUT2D eigenvalue weighted by molar-refractivity contribution is 7.13. The van der Waals surface area contributed by atoms with Crippen molar-refractivity contribution in [1.29, 1.82) is 0 Å². The lowest BCUT2D eigenvalue weighted by Gasteiger charge is -2.08. The van der Waals surface area contributed by atoms with Crippen LogP contribution in [0.2, 0.25) is 0 Å². The average molecular weight is 449 g/mol. The number of nitrogens with zero attached hydrogens (tertiary/aromatic N) is 4. The molecule has 0 aliphatic heterocycles. The van der Waals surface area contributed by atoms with Crippen LogP contribution in [0.4, 0.5) is 0 Å². The Bertz CT molecular complexity index is 1370. The molecule has 0 N–H and O–H groups in total. The number of thiazole rings is 2. The Morgan fingerprint density at radius 2 is 0.938 bits per heavy atom. The molecule has 6 aromatic rings. The predicted molar refractivity (Wildman–Crippen MR) is 133 cm³/mol. The van der Waals surface area contributed by atoms with Crippen LogP contribution in [-0.4, -0.2) is 19.9 Å². The van der Waals surface area contributed by atoms with Crippen LogP contribution < -0.4 is 0 Å². The number of benzene rings is 2. The summed E-state index contributed by atoms with van der Waals surface area (Å²) in [7, 11) is 0. The van der Waals surface area contributed by atoms with Crippen LogP contribution in [0.15, 0.2) is 96.5 Å². The Balaban J connectivity index is 1.29. The highest BCUT2D eigenvalue weighted by Crippen LogP contribution is 2.30. The molecule has 32 heavy (non-hydrogen) atoms. The van der Waals surface area contributed by atoms with Crippen LogP contribution in [0.25, 0.3) is 54.2 Å². The second-order valence-corrected chi connectivity index (χ2v) is 9.14. The second kappa shape index (κ2) is 8.07. The number of pyridine rings is 2. The Kier molecular flexibility index (Phi) is 4.79. The highest BCUT2D eigenvalue weighted by Gasteiger charge is 2.07. The van der Waals surface area contributed by atoms with Gasteiger partial charge in [-0.25, -0.2) is 0 Å². The first kappa shape index (κ1) is 19.0. The molecule has 0 fully saturated rings. The van der Waals surface area contributed by atoms with Crippen molar-refractivity contribution in [2.45, 2.75) is 0 Å². The molecule has 152 valence electrons. The van der Waals surface area contributed by atoms with Crippen LogP contribution >= 0.6 is 22.7 Å². The maximum Gasteiger partial charge on any atom is 0.0818 e. The zero-order chi connectivity index (χ0) is 21.3. The van der Waals surface area contributed by atoms with Gasteiger partial charge in [-0.2, -0.15) is 0 Å². The van der Waals surface area contributed by atoms with Gasteiger partial charge in [0.1, 0.15) is 0 Å². The monoisotopic (exact) mass is 448 g/mol. The SMILES string of the molecule is c1ncc(-c2ccc(-c3ccc4cc(-c5ccc(-c6cncs6)nc5)ccc4c3)cn2)s1. The van der Waals surface area contributed by atoms with E-state index in [1.54, 1.807) is 22.7 Å². The third-order valence-corrected chi connectivity index (χ3v) is 6.99. The molecule has 0 amide bonds. The molecule has 6 rings (SSSR count). The van der Waals surface area contributed by atoms with E-state index in [1.807, 2.05) is 35.8 Å². The van der Waals surface area contributed by atoms with Gasteiger partial charge < -0.3 is 0 Å². The number of hydrogen-bond donors (Lipinski definition) is 0. The van der Waals surface area contributed by atoms with Crippen molar-refractivity contribution in [2.24, 2.45) is 0 Å². The van der Waals surface area contributed by atoms with Crippen LogP contribution in [0.1, 0.15) is 0 Å². The molecular weight excluding hydrogens is 432 g/mol. The van der Waals surface area contributed by atoms with Crippen molar-refractivity contribution in [3.63, 3.8) is 0 Å². The summed E-state index contributed by atoms with van der Waals surface area (Å²) in [5.41, 5.74) is 10.1. The van der Waals surface area contributed by atoms with Crippen LogP contribution in [0, 0.1) is 0 Å². The van der Waals surface area contributed by atoms with E-state index in [1.165, 1.54) is 10.8 Å². The molecule has 4 nitrogen and oxygen atoms in total. The zero-order valence-corrected chi connectivity index (χ0v) is 18.5. The van der Waals surface area contributed by atoms with Crippen LogP contribution in [0.5, 0.6) is 0 Å². The first-order chi connectivity index (χ1) is 15.8. The third-order valence-electron chi connectivity index (χ3n) is 5.40. The Hall–Kier alpha value is -3.74. The fourth-order valence-electron chi connectivity index (χ4n) is 3.71. The van der Waals surface area contributed by atoms with Crippen LogP contribution in [0.3, 0.4) is 0 Å². The normalized spacial score (nSPS) is 11.1. The lowest BCUT2D eigenvalue weighted by molar-refractivity contribution is 1.33. The summed E-state index contributed by atoms with van der Waals surface area (Å²) in [5.74, 6) is 0. The van der Waals surface area contributed by atoms with Crippen molar-refractivity contribution in [1.82, 2.24) is 19.9 Å². The topological polar surface area (TPSA) is 51.6 Å². The average Bonchev–Trinajstić information content (AvgIpc) is 3.59. The molecule has 2 aromatic carbocycles. The summed E-state index contributed by atoms with van der Waals surface area (Å²) in [6, 6.07) is 21.4. The van der Waals surface area contributed by atoms with E-state index < -0.39 is 0 Å². The molecule has 0 saturated heterocycles. The minimum Gasteiger partial charge on any atom is -0.255 e. The third kappa shape index (κ3) is 3.60. The Morgan fingerprint density at radius 3 is 1.31 bits per heavy atom. The summed E-state index contributed by atoms with van der Waals surface area (Å²) in [6.07, 6.45) is 7.56. The van der Waals surface area contributed by atoms with E-state index in [4.69, 9.17) is 0 Å². The molecular formula is C26H16N4S2. The summed E-state index contributed by atoms with van der Waals surface area (Å²) in [6.45, 7) is 0. The van der Waals surface area contributed by atoms with E-state index in [0.29, 0.717) is 0 Å².